The maximum absolute atomic E-state index is 13.4. The molecule has 206 valence electrons. The Morgan fingerprint density at radius 3 is 2.13 bits per heavy atom. The van der Waals surface area contributed by atoms with Gasteiger partial charge in [0, 0.05) is 57.4 Å². The third-order valence-electron chi connectivity index (χ3n) is 7.36. The van der Waals surface area contributed by atoms with Crippen molar-refractivity contribution in [1.82, 2.24) is 14.7 Å². The molecule has 1 saturated heterocycles. The number of amides is 3. The summed E-state index contributed by atoms with van der Waals surface area (Å²) in [6, 6.07) is 10.3. The standard InChI is InChI=1S/C28H34F4N4O2/c29-24-10-6-21(7-11-24)20-36(26(37)22-4-2-1-3-5-22)19-16-34-14-17-35(18-15-34)27(38)33-25-12-8-23(9-13-25)28(30,31)32/h6-13,22H,1-5,14-20H2,(H,33,38). The van der Waals surface area contributed by atoms with Gasteiger partial charge in [-0.2, -0.15) is 13.2 Å². The fourth-order valence-corrected chi connectivity index (χ4v) is 5.07. The molecule has 0 radical (unpaired) electrons. The van der Waals surface area contributed by atoms with E-state index in [2.05, 4.69) is 10.2 Å². The van der Waals surface area contributed by atoms with Gasteiger partial charge in [-0.1, -0.05) is 31.4 Å². The first-order valence-corrected chi connectivity index (χ1v) is 13.2. The van der Waals surface area contributed by atoms with Crippen LogP contribution in [0.25, 0.3) is 0 Å². The van der Waals surface area contributed by atoms with Crippen LogP contribution in [0.5, 0.6) is 0 Å². The summed E-state index contributed by atoms with van der Waals surface area (Å²) in [6.45, 7) is 3.84. The number of alkyl halides is 3. The van der Waals surface area contributed by atoms with Crippen LogP contribution >= 0.6 is 0 Å². The van der Waals surface area contributed by atoms with Crippen molar-refractivity contribution in [2.75, 3.05) is 44.6 Å². The Labute approximate surface area is 220 Å². The number of anilines is 1. The molecule has 38 heavy (non-hydrogen) atoms. The maximum atomic E-state index is 13.4. The van der Waals surface area contributed by atoms with Gasteiger partial charge in [-0.15, -0.1) is 0 Å². The summed E-state index contributed by atoms with van der Waals surface area (Å²) < 4.78 is 51.6. The number of benzene rings is 2. The number of urea groups is 1. The molecular weight excluding hydrogens is 500 g/mol. The largest absolute Gasteiger partial charge is 0.416 e. The van der Waals surface area contributed by atoms with Gasteiger partial charge >= 0.3 is 12.2 Å². The van der Waals surface area contributed by atoms with Crippen LogP contribution < -0.4 is 5.32 Å². The average Bonchev–Trinajstić information content (AvgIpc) is 2.92. The van der Waals surface area contributed by atoms with Gasteiger partial charge in [-0.3, -0.25) is 9.69 Å². The summed E-state index contributed by atoms with van der Waals surface area (Å²) in [4.78, 5) is 31.7. The van der Waals surface area contributed by atoms with Crippen molar-refractivity contribution < 1.29 is 27.2 Å². The summed E-state index contributed by atoms with van der Waals surface area (Å²) in [5.74, 6) is -0.113. The number of piperazine rings is 1. The van der Waals surface area contributed by atoms with Crippen molar-refractivity contribution in [2.45, 2.75) is 44.8 Å². The quantitative estimate of drug-likeness (QED) is 0.471. The number of carbonyl (C=O) groups is 2. The fourth-order valence-electron chi connectivity index (χ4n) is 5.07. The number of hydrogen-bond acceptors (Lipinski definition) is 3. The summed E-state index contributed by atoms with van der Waals surface area (Å²) in [5, 5.41) is 2.66. The number of carbonyl (C=O) groups excluding carboxylic acids is 2. The van der Waals surface area contributed by atoms with Gasteiger partial charge in [-0.25, -0.2) is 9.18 Å². The van der Waals surface area contributed by atoms with Gasteiger partial charge in [0.05, 0.1) is 5.56 Å². The Morgan fingerprint density at radius 1 is 0.895 bits per heavy atom. The molecule has 1 heterocycles. The molecule has 10 heteroatoms. The van der Waals surface area contributed by atoms with Gasteiger partial charge in [0.2, 0.25) is 5.91 Å². The minimum Gasteiger partial charge on any atom is -0.337 e. The molecule has 2 aliphatic rings. The average molecular weight is 535 g/mol. The van der Waals surface area contributed by atoms with E-state index in [1.807, 2.05) is 4.90 Å². The Balaban J connectivity index is 1.28. The van der Waals surface area contributed by atoms with E-state index < -0.39 is 11.7 Å². The minimum absolute atomic E-state index is 0.0370. The Morgan fingerprint density at radius 2 is 1.53 bits per heavy atom. The van der Waals surface area contributed by atoms with Gasteiger partial charge in [0.25, 0.3) is 0 Å². The molecule has 1 saturated carbocycles. The fraction of sp³-hybridized carbons (Fsp3) is 0.500. The molecule has 0 unspecified atom stereocenters. The number of rotatable bonds is 7. The molecule has 2 aromatic rings. The molecule has 2 fully saturated rings. The van der Waals surface area contributed by atoms with Crippen molar-refractivity contribution in [2.24, 2.45) is 5.92 Å². The summed E-state index contributed by atoms with van der Waals surface area (Å²) >= 11 is 0. The van der Waals surface area contributed by atoms with Gasteiger partial charge in [0.15, 0.2) is 0 Å². The number of nitrogens with zero attached hydrogens (tertiary/aromatic N) is 3. The van der Waals surface area contributed by atoms with Crippen LogP contribution in [-0.2, 0) is 17.5 Å². The predicted octanol–water partition coefficient (Wildman–Crippen LogP) is 5.60. The predicted molar refractivity (Wildman–Crippen MR) is 137 cm³/mol. The van der Waals surface area contributed by atoms with Crippen molar-refractivity contribution >= 4 is 17.6 Å². The van der Waals surface area contributed by atoms with Gasteiger partial charge in [-0.05, 0) is 54.8 Å². The van der Waals surface area contributed by atoms with Crippen molar-refractivity contribution in [3.8, 4) is 0 Å². The van der Waals surface area contributed by atoms with E-state index in [9.17, 15) is 27.2 Å². The molecule has 3 amide bonds. The molecule has 2 aromatic carbocycles. The maximum Gasteiger partial charge on any atom is 0.416 e. The Kier molecular flexibility index (Phi) is 9.25. The van der Waals surface area contributed by atoms with E-state index in [0.29, 0.717) is 51.5 Å². The molecule has 4 rings (SSSR count). The molecule has 1 aliphatic heterocycles. The second-order valence-corrected chi connectivity index (χ2v) is 10.1. The molecular formula is C28H34F4N4O2. The van der Waals surface area contributed by atoms with E-state index in [-0.39, 0.29) is 23.7 Å². The summed E-state index contributed by atoms with van der Waals surface area (Å²) in [5.41, 5.74) is 0.433. The van der Waals surface area contributed by atoms with Gasteiger partial charge in [0.1, 0.15) is 5.82 Å². The zero-order chi connectivity index (χ0) is 27.1. The number of hydrogen-bond donors (Lipinski definition) is 1. The van der Waals surface area contributed by atoms with E-state index >= 15 is 0 Å². The highest BCUT2D eigenvalue weighted by Gasteiger charge is 2.30. The highest BCUT2D eigenvalue weighted by Crippen LogP contribution is 2.30. The topological polar surface area (TPSA) is 55.9 Å². The monoisotopic (exact) mass is 534 g/mol. The molecule has 1 N–H and O–H groups in total. The lowest BCUT2D eigenvalue weighted by Gasteiger charge is -2.36. The van der Waals surface area contributed by atoms with Crippen molar-refractivity contribution in [3.63, 3.8) is 0 Å². The van der Waals surface area contributed by atoms with E-state index in [0.717, 1.165) is 43.4 Å². The zero-order valence-electron chi connectivity index (χ0n) is 21.4. The van der Waals surface area contributed by atoms with Crippen LogP contribution in [0.4, 0.5) is 28.0 Å². The number of nitrogens with one attached hydrogen (secondary N) is 1. The van der Waals surface area contributed by atoms with Crippen LogP contribution in [-0.4, -0.2) is 65.9 Å². The lowest BCUT2D eigenvalue weighted by Crippen LogP contribution is -2.51. The smallest absolute Gasteiger partial charge is 0.337 e. The molecule has 0 bridgehead atoms. The van der Waals surface area contributed by atoms with Crippen LogP contribution in [0.15, 0.2) is 48.5 Å². The second kappa shape index (κ2) is 12.6. The highest BCUT2D eigenvalue weighted by atomic mass is 19.4. The van der Waals surface area contributed by atoms with Crippen molar-refractivity contribution in [3.05, 3.63) is 65.5 Å². The van der Waals surface area contributed by atoms with E-state index in [1.165, 1.54) is 30.7 Å². The van der Waals surface area contributed by atoms with Crippen LogP contribution in [0.1, 0.15) is 43.2 Å². The van der Waals surface area contributed by atoms with Crippen LogP contribution in [0.2, 0.25) is 0 Å². The Bertz CT molecular complexity index is 1060. The molecule has 6 nitrogen and oxygen atoms in total. The lowest BCUT2D eigenvalue weighted by atomic mass is 9.88. The highest BCUT2D eigenvalue weighted by molar-refractivity contribution is 5.89. The first kappa shape index (κ1) is 27.9. The first-order valence-electron chi connectivity index (χ1n) is 13.2. The number of halogens is 4. The van der Waals surface area contributed by atoms with Crippen LogP contribution in [0, 0.1) is 11.7 Å². The van der Waals surface area contributed by atoms with Gasteiger partial charge < -0.3 is 15.1 Å². The molecule has 1 aliphatic carbocycles. The molecule has 0 atom stereocenters. The van der Waals surface area contributed by atoms with E-state index in [4.69, 9.17) is 0 Å². The first-order chi connectivity index (χ1) is 18.2. The lowest BCUT2D eigenvalue weighted by molar-refractivity contribution is -0.138. The minimum atomic E-state index is -4.42. The summed E-state index contributed by atoms with van der Waals surface area (Å²) in [6.07, 6.45) is 0.693. The zero-order valence-corrected chi connectivity index (χ0v) is 21.4. The van der Waals surface area contributed by atoms with Crippen molar-refractivity contribution in [1.29, 1.82) is 0 Å². The summed E-state index contributed by atoms with van der Waals surface area (Å²) in [7, 11) is 0. The third kappa shape index (κ3) is 7.69. The van der Waals surface area contributed by atoms with Crippen LogP contribution in [0.3, 0.4) is 0 Å². The molecule has 0 spiro atoms. The second-order valence-electron chi connectivity index (χ2n) is 10.1. The normalized spacial score (nSPS) is 17.3. The SMILES string of the molecule is O=C(Nc1ccc(C(F)(F)F)cc1)N1CCN(CCN(Cc2ccc(F)cc2)C(=O)C2CCCCC2)CC1. The molecule has 0 aromatic heterocycles. The Hall–Kier alpha value is -3.14. The van der Waals surface area contributed by atoms with E-state index in [1.54, 1.807) is 17.0 Å². The third-order valence-corrected chi connectivity index (χ3v) is 7.36.